The average Bonchev–Trinajstić information content (AvgIpc) is 2.34. The van der Waals surface area contributed by atoms with E-state index >= 15 is 0 Å². The molecule has 0 spiro atoms. The van der Waals surface area contributed by atoms with E-state index in [1.54, 1.807) is 6.08 Å². The smallest absolute Gasteiger partial charge is 0.330 e. The van der Waals surface area contributed by atoms with Crippen molar-refractivity contribution in [2.75, 3.05) is 7.11 Å². The number of allylic oxidation sites excluding steroid dienone is 3. The molecular formula is C17H30O3. The zero-order chi connectivity index (χ0) is 15.8. The number of carbonyl (C=O) groups excluding carboxylic acids is 1. The van der Waals surface area contributed by atoms with E-state index in [4.69, 9.17) is 0 Å². The predicted octanol–water partition coefficient (Wildman–Crippen LogP) is 4.02. The van der Waals surface area contributed by atoms with Gasteiger partial charge in [-0.2, -0.15) is 0 Å². The van der Waals surface area contributed by atoms with E-state index in [2.05, 4.69) is 24.7 Å². The molecule has 0 saturated heterocycles. The predicted molar refractivity (Wildman–Crippen MR) is 83.5 cm³/mol. The second kappa shape index (κ2) is 8.96. The third-order valence-electron chi connectivity index (χ3n) is 3.77. The lowest BCUT2D eigenvalue weighted by Gasteiger charge is -2.25. The van der Waals surface area contributed by atoms with Crippen LogP contribution >= 0.6 is 0 Å². The molecule has 0 aliphatic carbocycles. The zero-order valence-corrected chi connectivity index (χ0v) is 13.8. The Bertz CT molecular complexity index is 359. The summed E-state index contributed by atoms with van der Waals surface area (Å²) in [6.45, 7) is 9.86. The standard InChI is InChI=1S/C17H30O3/c1-13(10-11-15(3)17(4,5)19)8-7-9-14(2)12-16(18)20-6/h8,12,15,19H,7,9-11H2,1-6H3/b13-8+,14-12+. The molecule has 0 aromatic carbocycles. The summed E-state index contributed by atoms with van der Waals surface area (Å²) in [7, 11) is 1.39. The van der Waals surface area contributed by atoms with Gasteiger partial charge in [0.1, 0.15) is 0 Å². The first-order valence-electron chi connectivity index (χ1n) is 7.30. The Morgan fingerprint density at radius 2 is 1.85 bits per heavy atom. The van der Waals surface area contributed by atoms with Gasteiger partial charge < -0.3 is 9.84 Å². The fourth-order valence-corrected chi connectivity index (χ4v) is 1.78. The Kier molecular flexibility index (Phi) is 8.47. The van der Waals surface area contributed by atoms with Crippen molar-refractivity contribution in [3.63, 3.8) is 0 Å². The Hall–Kier alpha value is -1.09. The van der Waals surface area contributed by atoms with Crippen molar-refractivity contribution < 1.29 is 14.6 Å². The van der Waals surface area contributed by atoms with Gasteiger partial charge in [0.15, 0.2) is 0 Å². The van der Waals surface area contributed by atoms with Gasteiger partial charge in [0.2, 0.25) is 0 Å². The summed E-state index contributed by atoms with van der Waals surface area (Å²) < 4.78 is 4.59. The van der Waals surface area contributed by atoms with E-state index in [1.165, 1.54) is 12.7 Å². The first-order chi connectivity index (χ1) is 9.16. The Balaban J connectivity index is 4.09. The van der Waals surface area contributed by atoms with Crippen LogP contribution in [0.15, 0.2) is 23.3 Å². The Morgan fingerprint density at radius 1 is 1.25 bits per heavy atom. The van der Waals surface area contributed by atoms with Crippen molar-refractivity contribution in [1.29, 1.82) is 0 Å². The minimum atomic E-state index is -0.611. The van der Waals surface area contributed by atoms with E-state index in [1.807, 2.05) is 20.8 Å². The Morgan fingerprint density at radius 3 is 2.35 bits per heavy atom. The quantitative estimate of drug-likeness (QED) is 0.415. The summed E-state index contributed by atoms with van der Waals surface area (Å²) in [6.07, 6.45) is 7.55. The monoisotopic (exact) mass is 282 g/mol. The highest BCUT2D eigenvalue weighted by atomic mass is 16.5. The number of esters is 1. The summed E-state index contributed by atoms with van der Waals surface area (Å²) >= 11 is 0. The molecule has 1 N–H and O–H groups in total. The first-order valence-corrected chi connectivity index (χ1v) is 7.30. The minimum absolute atomic E-state index is 0.284. The number of ether oxygens (including phenoxy) is 1. The summed E-state index contributed by atoms with van der Waals surface area (Å²) in [5.74, 6) is -0.00555. The van der Waals surface area contributed by atoms with Crippen LogP contribution in [0.5, 0.6) is 0 Å². The van der Waals surface area contributed by atoms with Crippen molar-refractivity contribution in [1.82, 2.24) is 0 Å². The van der Waals surface area contributed by atoms with Gasteiger partial charge in [-0.25, -0.2) is 4.79 Å². The van der Waals surface area contributed by atoms with E-state index in [-0.39, 0.29) is 11.9 Å². The molecule has 0 heterocycles. The van der Waals surface area contributed by atoms with Crippen LogP contribution < -0.4 is 0 Å². The number of aliphatic hydroxyl groups is 1. The molecular weight excluding hydrogens is 252 g/mol. The molecule has 1 atom stereocenters. The normalized spacial score (nSPS) is 15.2. The molecule has 0 saturated carbocycles. The van der Waals surface area contributed by atoms with Gasteiger partial charge in [-0.05, 0) is 59.3 Å². The van der Waals surface area contributed by atoms with Crippen LogP contribution in [0.4, 0.5) is 0 Å². The van der Waals surface area contributed by atoms with Crippen molar-refractivity contribution in [2.45, 2.75) is 65.9 Å². The fourth-order valence-electron chi connectivity index (χ4n) is 1.78. The first kappa shape index (κ1) is 18.9. The maximum atomic E-state index is 11.1. The SMILES string of the molecule is COC(=O)/C=C(\C)CC/C=C(\C)CCC(C)C(C)(C)O. The number of hydrogen-bond acceptors (Lipinski definition) is 3. The van der Waals surface area contributed by atoms with E-state index < -0.39 is 5.60 Å². The zero-order valence-electron chi connectivity index (χ0n) is 13.8. The van der Waals surface area contributed by atoms with Crippen molar-refractivity contribution in [2.24, 2.45) is 5.92 Å². The number of carbonyl (C=O) groups is 1. The second-order valence-electron chi connectivity index (χ2n) is 6.20. The molecule has 0 aromatic rings. The lowest BCUT2D eigenvalue weighted by atomic mass is 9.87. The molecule has 1 unspecified atom stereocenters. The lowest BCUT2D eigenvalue weighted by Crippen LogP contribution is -2.28. The summed E-state index contributed by atoms with van der Waals surface area (Å²) in [5.41, 5.74) is 1.76. The topological polar surface area (TPSA) is 46.5 Å². The third-order valence-corrected chi connectivity index (χ3v) is 3.77. The molecule has 0 amide bonds. The van der Waals surface area contributed by atoms with Gasteiger partial charge in [0.05, 0.1) is 12.7 Å². The van der Waals surface area contributed by atoms with Crippen LogP contribution in [0.3, 0.4) is 0 Å². The van der Waals surface area contributed by atoms with Crippen LogP contribution in [0.1, 0.15) is 60.3 Å². The van der Waals surface area contributed by atoms with E-state index in [9.17, 15) is 9.90 Å². The number of hydrogen-bond donors (Lipinski definition) is 1. The summed E-state index contributed by atoms with van der Waals surface area (Å²) in [5, 5.41) is 9.88. The van der Waals surface area contributed by atoms with Crippen molar-refractivity contribution >= 4 is 5.97 Å². The molecule has 0 rings (SSSR count). The van der Waals surface area contributed by atoms with Crippen LogP contribution in [0, 0.1) is 5.92 Å². The van der Waals surface area contributed by atoms with Gasteiger partial charge in [-0.15, -0.1) is 0 Å². The fraction of sp³-hybridized carbons (Fsp3) is 0.706. The van der Waals surface area contributed by atoms with Gasteiger partial charge in [-0.3, -0.25) is 0 Å². The highest BCUT2D eigenvalue weighted by molar-refractivity contribution is 5.82. The molecule has 0 aliphatic rings. The number of methoxy groups -OCH3 is 1. The highest BCUT2D eigenvalue weighted by Gasteiger charge is 2.21. The lowest BCUT2D eigenvalue weighted by molar-refractivity contribution is -0.134. The highest BCUT2D eigenvalue weighted by Crippen LogP contribution is 2.23. The molecule has 0 aliphatic heterocycles. The number of rotatable bonds is 8. The van der Waals surface area contributed by atoms with E-state index in [0.29, 0.717) is 0 Å². The molecule has 0 bridgehead atoms. The molecule has 0 fully saturated rings. The summed E-state index contributed by atoms with van der Waals surface area (Å²) in [6, 6.07) is 0. The van der Waals surface area contributed by atoms with Gasteiger partial charge >= 0.3 is 5.97 Å². The van der Waals surface area contributed by atoms with Crippen LogP contribution in [-0.2, 0) is 9.53 Å². The van der Waals surface area contributed by atoms with Gasteiger partial charge in [-0.1, -0.05) is 24.1 Å². The van der Waals surface area contributed by atoms with E-state index in [0.717, 1.165) is 31.3 Å². The molecule has 3 nitrogen and oxygen atoms in total. The van der Waals surface area contributed by atoms with Crippen LogP contribution in [-0.4, -0.2) is 23.8 Å². The molecule has 116 valence electrons. The maximum Gasteiger partial charge on any atom is 0.330 e. The average molecular weight is 282 g/mol. The molecule has 20 heavy (non-hydrogen) atoms. The van der Waals surface area contributed by atoms with Crippen molar-refractivity contribution in [3.05, 3.63) is 23.3 Å². The van der Waals surface area contributed by atoms with Crippen LogP contribution in [0.25, 0.3) is 0 Å². The minimum Gasteiger partial charge on any atom is -0.466 e. The van der Waals surface area contributed by atoms with Gasteiger partial charge in [0, 0.05) is 6.08 Å². The molecule has 0 radical (unpaired) electrons. The third kappa shape index (κ3) is 8.92. The summed E-state index contributed by atoms with van der Waals surface area (Å²) in [4.78, 5) is 11.1. The van der Waals surface area contributed by atoms with Gasteiger partial charge in [0.25, 0.3) is 0 Å². The second-order valence-corrected chi connectivity index (χ2v) is 6.20. The van der Waals surface area contributed by atoms with Crippen LogP contribution in [0.2, 0.25) is 0 Å². The van der Waals surface area contributed by atoms with Crippen molar-refractivity contribution in [3.8, 4) is 0 Å². The Labute approximate surface area is 123 Å². The molecule has 0 aromatic heterocycles. The maximum absolute atomic E-state index is 11.1. The largest absolute Gasteiger partial charge is 0.466 e. The molecule has 3 heteroatoms.